The first-order chi connectivity index (χ1) is 14.9. The maximum absolute atomic E-state index is 11.6. The van der Waals surface area contributed by atoms with Crippen molar-refractivity contribution in [1.29, 1.82) is 0 Å². The molecule has 31 heavy (non-hydrogen) atoms. The van der Waals surface area contributed by atoms with E-state index < -0.39 is 46.4 Å². The standard InChI is InChI=1S/C22H21Cl3O6/c23-22(24,25)21(26)18-16(27-11-13-7-3-1-4-8-13)15-17(19(21)31-20(29-15)30-18)28-12-14-9-5-2-6-10-14/h1-10,15-20,26H,11-12H2/t15?,16-,17+,18+,19-,20?,21?. The monoisotopic (exact) mass is 486 g/mol. The minimum atomic E-state index is -2.11. The number of aliphatic hydroxyl groups is 1. The molecule has 0 aromatic heterocycles. The van der Waals surface area contributed by atoms with E-state index in [0.29, 0.717) is 0 Å². The van der Waals surface area contributed by atoms with Crippen LogP contribution in [0.3, 0.4) is 0 Å². The van der Waals surface area contributed by atoms with Gasteiger partial charge in [0.2, 0.25) is 3.79 Å². The van der Waals surface area contributed by atoms with Gasteiger partial charge in [0.1, 0.15) is 30.5 Å². The van der Waals surface area contributed by atoms with Crippen LogP contribution in [0.5, 0.6) is 0 Å². The Hall–Kier alpha value is -0.930. The lowest BCUT2D eigenvalue weighted by Crippen LogP contribution is -2.83. The summed E-state index contributed by atoms with van der Waals surface area (Å²) in [5.74, 6) is 0. The number of benzene rings is 2. The Morgan fingerprint density at radius 1 is 0.774 bits per heavy atom. The smallest absolute Gasteiger partial charge is 0.273 e. The second kappa shape index (κ2) is 8.45. The van der Waals surface area contributed by atoms with E-state index in [1.54, 1.807) is 0 Å². The third-order valence-corrected chi connectivity index (χ3v) is 6.83. The van der Waals surface area contributed by atoms with Crippen molar-refractivity contribution in [2.75, 3.05) is 0 Å². The highest BCUT2D eigenvalue weighted by molar-refractivity contribution is 6.68. The first-order valence-corrected chi connectivity index (χ1v) is 11.1. The zero-order valence-corrected chi connectivity index (χ0v) is 18.5. The summed E-state index contributed by atoms with van der Waals surface area (Å²) in [4.78, 5) is 0. The number of hydrogen-bond acceptors (Lipinski definition) is 6. The van der Waals surface area contributed by atoms with Gasteiger partial charge in [-0.1, -0.05) is 95.5 Å². The minimum Gasteiger partial charge on any atom is -0.380 e. The van der Waals surface area contributed by atoms with E-state index in [9.17, 15) is 5.11 Å². The fourth-order valence-electron chi connectivity index (χ4n) is 4.40. The van der Waals surface area contributed by atoms with Crippen molar-refractivity contribution in [3.8, 4) is 0 Å². The highest BCUT2D eigenvalue weighted by atomic mass is 35.6. The van der Waals surface area contributed by atoms with Gasteiger partial charge in [0, 0.05) is 0 Å². The Morgan fingerprint density at radius 2 is 1.23 bits per heavy atom. The van der Waals surface area contributed by atoms with Gasteiger partial charge in [-0.3, -0.25) is 0 Å². The fourth-order valence-corrected chi connectivity index (χ4v) is 5.04. The van der Waals surface area contributed by atoms with Crippen LogP contribution in [-0.4, -0.2) is 51.5 Å². The highest BCUT2D eigenvalue weighted by Crippen LogP contribution is 2.55. The van der Waals surface area contributed by atoms with Gasteiger partial charge in [0.05, 0.1) is 13.2 Å². The predicted molar refractivity (Wildman–Crippen MR) is 114 cm³/mol. The topological polar surface area (TPSA) is 66.4 Å². The lowest BCUT2D eigenvalue weighted by molar-refractivity contribution is -0.505. The molecule has 4 bridgehead atoms. The summed E-state index contributed by atoms with van der Waals surface area (Å²) in [6, 6.07) is 19.3. The zero-order valence-electron chi connectivity index (χ0n) is 16.3. The molecule has 6 rings (SSSR count). The molecule has 6 nitrogen and oxygen atoms in total. The first kappa shape index (κ1) is 21.9. The Kier molecular flexibility index (Phi) is 5.97. The Labute approximate surface area is 194 Å². The van der Waals surface area contributed by atoms with Crippen LogP contribution in [0.25, 0.3) is 0 Å². The Balaban J connectivity index is 1.43. The van der Waals surface area contributed by atoms with E-state index in [1.807, 2.05) is 60.7 Å². The molecule has 4 aliphatic rings. The van der Waals surface area contributed by atoms with E-state index in [1.165, 1.54) is 0 Å². The predicted octanol–water partition coefficient (Wildman–Crippen LogP) is 3.74. The summed E-state index contributed by atoms with van der Waals surface area (Å²) in [5.41, 5.74) is -0.101. The molecule has 0 spiro atoms. The molecule has 3 saturated heterocycles. The third kappa shape index (κ3) is 3.88. The molecule has 3 heterocycles. The summed E-state index contributed by atoms with van der Waals surface area (Å²) < 4.78 is 27.6. The maximum atomic E-state index is 11.6. The van der Waals surface area contributed by atoms with E-state index in [2.05, 4.69) is 0 Å². The van der Waals surface area contributed by atoms with Gasteiger partial charge >= 0.3 is 0 Å². The third-order valence-electron chi connectivity index (χ3n) is 5.92. The number of halogens is 3. The van der Waals surface area contributed by atoms with Crippen LogP contribution in [-0.2, 0) is 36.9 Å². The number of hydrogen-bond donors (Lipinski definition) is 1. The molecule has 0 radical (unpaired) electrons. The first-order valence-electron chi connectivity index (χ1n) is 9.94. The van der Waals surface area contributed by atoms with Crippen LogP contribution in [0.1, 0.15) is 11.1 Å². The Morgan fingerprint density at radius 3 is 1.65 bits per heavy atom. The average Bonchev–Trinajstić information content (AvgIpc) is 2.76. The van der Waals surface area contributed by atoms with Crippen molar-refractivity contribution in [3.05, 3.63) is 71.8 Å². The van der Waals surface area contributed by atoms with E-state index in [0.717, 1.165) is 11.1 Å². The molecule has 1 aliphatic carbocycles. The van der Waals surface area contributed by atoms with Gasteiger partial charge < -0.3 is 28.8 Å². The molecule has 1 saturated carbocycles. The van der Waals surface area contributed by atoms with Gasteiger partial charge in [0.25, 0.3) is 6.48 Å². The van der Waals surface area contributed by atoms with Crippen LogP contribution < -0.4 is 0 Å². The number of alkyl halides is 3. The van der Waals surface area contributed by atoms with E-state index >= 15 is 0 Å². The van der Waals surface area contributed by atoms with Crippen molar-refractivity contribution < 1.29 is 28.8 Å². The second-order valence-electron chi connectivity index (χ2n) is 7.85. The van der Waals surface area contributed by atoms with Crippen LogP contribution in [0.4, 0.5) is 0 Å². The van der Waals surface area contributed by atoms with Crippen molar-refractivity contribution in [2.45, 2.75) is 59.6 Å². The summed E-state index contributed by atoms with van der Waals surface area (Å²) in [6.07, 6.45) is -3.98. The molecule has 1 N–H and O–H groups in total. The van der Waals surface area contributed by atoms with Crippen molar-refractivity contribution in [2.24, 2.45) is 0 Å². The molecule has 9 heteroatoms. The van der Waals surface area contributed by atoms with Gasteiger partial charge in [-0.15, -0.1) is 0 Å². The molecule has 3 aliphatic heterocycles. The Bertz CT molecular complexity index is 832. The molecular formula is C22H21Cl3O6. The fraction of sp³-hybridized carbons (Fsp3) is 0.455. The highest BCUT2D eigenvalue weighted by Gasteiger charge is 2.75. The maximum Gasteiger partial charge on any atom is 0.273 e. The van der Waals surface area contributed by atoms with E-state index in [-0.39, 0.29) is 13.2 Å². The summed E-state index contributed by atoms with van der Waals surface area (Å²) >= 11 is 18.8. The molecule has 3 unspecified atom stereocenters. The second-order valence-corrected chi connectivity index (χ2v) is 10.1. The zero-order chi connectivity index (χ0) is 21.6. The van der Waals surface area contributed by atoms with Gasteiger partial charge in [0.15, 0.2) is 5.60 Å². The molecule has 2 aromatic rings. The quantitative estimate of drug-likeness (QED) is 0.626. The van der Waals surface area contributed by atoms with Gasteiger partial charge in [-0.25, -0.2) is 0 Å². The molecule has 2 aromatic carbocycles. The summed E-state index contributed by atoms with van der Waals surface area (Å²) in [7, 11) is 0. The molecule has 0 amide bonds. The number of ether oxygens (including phenoxy) is 5. The molecular weight excluding hydrogens is 467 g/mol. The van der Waals surface area contributed by atoms with Crippen LogP contribution in [0.2, 0.25) is 0 Å². The number of rotatable bonds is 6. The van der Waals surface area contributed by atoms with Crippen LogP contribution in [0, 0.1) is 0 Å². The molecule has 4 fully saturated rings. The lowest BCUT2D eigenvalue weighted by Gasteiger charge is -2.63. The van der Waals surface area contributed by atoms with Gasteiger partial charge in [-0.05, 0) is 11.1 Å². The minimum absolute atomic E-state index is 0.267. The van der Waals surface area contributed by atoms with Gasteiger partial charge in [-0.2, -0.15) is 0 Å². The van der Waals surface area contributed by atoms with Crippen LogP contribution in [0.15, 0.2) is 60.7 Å². The summed E-state index contributed by atoms with van der Waals surface area (Å²) in [5, 5.41) is 11.6. The van der Waals surface area contributed by atoms with Crippen molar-refractivity contribution in [3.63, 3.8) is 0 Å². The summed E-state index contributed by atoms with van der Waals surface area (Å²) in [6.45, 7) is -0.452. The lowest BCUT2D eigenvalue weighted by atomic mass is 9.73. The van der Waals surface area contributed by atoms with Crippen molar-refractivity contribution in [1.82, 2.24) is 0 Å². The average molecular weight is 488 g/mol. The normalized spacial score (nSPS) is 36.6. The molecule has 7 atom stereocenters. The van der Waals surface area contributed by atoms with Crippen LogP contribution >= 0.6 is 34.8 Å². The van der Waals surface area contributed by atoms with Crippen molar-refractivity contribution >= 4 is 34.8 Å². The largest absolute Gasteiger partial charge is 0.380 e. The van der Waals surface area contributed by atoms with E-state index in [4.69, 9.17) is 58.5 Å². The SMILES string of the molecule is OC1(C(Cl)(Cl)Cl)[C@@H]2OC3OC([C@@H](OCc4ccccc4)[C@@H]1O3)[C@@H]2OCc1ccccc1. The molecule has 166 valence electrons.